The first-order valence-electron chi connectivity index (χ1n) is 21.3. The summed E-state index contributed by atoms with van der Waals surface area (Å²) in [4.78, 5) is 45.9. The summed E-state index contributed by atoms with van der Waals surface area (Å²) in [5, 5.41) is 8.88. The van der Waals surface area contributed by atoms with Crippen molar-refractivity contribution in [2.45, 2.75) is 154 Å². The Labute approximate surface area is 349 Å². The van der Waals surface area contributed by atoms with Crippen LogP contribution in [0, 0.1) is 0 Å². The zero-order valence-corrected chi connectivity index (χ0v) is 36.2. The second-order valence-electron chi connectivity index (χ2n) is 13.8. The zero-order valence-electron chi connectivity index (χ0n) is 35.3. The molecule has 4 N–H and O–H groups in total. The molecular formula is C46H74NO10P. The number of phosphoric acid groups is 1. The van der Waals surface area contributed by atoms with Crippen LogP contribution in [0.3, 0.4) is 0 Å². The van der Waals surface area contributed by atoms with Gasteiger partial charge in [-0.05, 0) is 89.9 Å². The molecule has 0 aliphatic carbocycles. The van der Waals surface area contributed by atoms with E-state index >= 15 is 0 Å². The Hall–Kier alpha value is -3.60. The molecule has 0 aliphatic rings. The van der Waals surface area contributed by atoms with Gasteiger partial charge in [0.15, 0.2) is 6.10 Å². The molecule has 0 rings (SSSR count). The van der Waals surface area contributed by atoms with E-state index in [1.54, 1.807) is 0 Å². The molecule has 0 heterocycles. The summed E-state index contributed by atoms with van der Waals surface area (Å²) in [5.74, 6) is -2.55. The monoisotopic (exact) mass is 832 g/mol. The summed E-state index contributed by atoms with van der Waals surface area (Å²) in [6, 6.07) is -1.54. The maximum absolute atomic E-state index is 12.6. The second-order valence-corrected chi connectivity index (χ2v) is 15.2. The molecule has 0 bridgehead atoms. The van der Waals surface area contributed by atoms with Gasteiger partial charge in [0.1, 0.15) is 12.6 Å². The average Bonchev–Trinajstić information content (AvgIpc) is 3.20. The van der Waals surface area contributed by atoms with Crippen LogP contribution in [0.4, 0.5) is 0 Å². The Morgan fingerprint density at radius 2 is 0.931 bits per heavy atom. The van der Waals surface area contributed by atoms with Crippen molar-refractivity contribution in [2.24, 2.45) is 5.73 Å². The minimum atomic E-state index is -4.75. The summed E-state index contributed by atoms with van der Waals surface area (Å²) >= 11 is 0. The van der Waals surface area contributed by atoms with Crippen molar-refractivity contribution in [1.82, 2.24) is 0 Å². The van der Waals surface area contributed by atoms with Gasteiger partial charge in [-0.15, -0.1) is 0 Å². The van der Waals surface area contributed by atoms with Crippen molar-refractivity contribution in [3.05, 3.63) is 97.2 Å². The molecule has 0 aromatic rings. The van der Waals surface area contributed by atoms with Gasteiger partial charge in [-0.2, -0.15) is 0 Å². The van der Waals surface area contributed by atoms with Gasteiger partial charge in [0.05, 0.1) is 13.2 Å². The highest BCUT2D eigenvalue weighted by molar-refractivity contribution is 7.47. The number of allylic oxidation sites excluding steroid dienone is 16. The number of esters is 2. The fourth-order valence-electron chi connectivity index (χ4n) is 4.93. The molecule has 328 valence electrons. The number of hydrogen-bond donors (Lipinski definition) is 3. The Morgan fingerprint density at radius 1 is 0.534 bits per heavy atom. The smallest absolute Gasteiger partial charge is 0.472 e. The summed E-state index contributed by atoms with van der Waals surface area (Å²) in [6.07, 6.45) is 50.6. The number of carboxylic acid groups (broad SMARTS) is 1. The van der Waals surface area contributed by atoms with Crippen molar-refractivity contribution >= 4 is 25.7 Å². The number of carboxylic acids is 1. The maximum Gasteiger partial charge on any atom is 0.472 e. The predicted molar refractivity (Wildman–Crippen MR) is 235 cm³/mol. The Balaban J connectivity index is 4.59. The minimum absolute atomic E-state index is 0.0841. The van der Waals surface area contributed by atoms with E-state index in [4.69, 9.17) is 24.8 Å². The van der Waals surface area contributed by atoms with Gasteiger partial charge >= 0.3 is 25.7 Å². The lowest BCUT2D eigenvalue weighted by atomic mass is 10.1. The standard InChI is InChI=1S/C46H74NO10P/c1-3-5-7-9-11-13-15-17-19-20-21-22-24-25-27-29-31-33-35-37-44(48)54-39-42(40-55-58(52,53)56-41-43(47)46(50)51)57-45(49)38-36-34-32-30-28-26-23-18-16-14-12-10-8-6-4-2/h11-14,17-19,21-23,25,27-28,30-31,33,42-43H,3-10,15-16,20,24,26,29,32,34-41,47H2,1-2H3,(H,50,51)(H,52,53)/b13-11-,14-12-,19-17-,22-21-,23-18-,27-25-,30-28-,33-31-/t42-,43+/m1/s1. The summed E-state index contributed by atoms with van der Waals surface area (Å²) in [7, 11) is -4.75. The largest absolute Gasteiger partial charge is 0.480 e. The number of phosphoric ester groups is 1. The molecule has 3 atom stereocenters. The molecule has 0 aromatic heterocycles. The SMILES string of the molecule is CCCCC/C=C\C/C=C\C/C=C\C/C=C\C/C=C\CCC(=O)OC[C@H](COP(=O)(O)OC[C@H](N)C(=O)O)OC(=O)CCCC/C=C\C/C=C\C/C=C\CCCCC. The van der Waals surface area contributed by atoms with Crippen LogP contribution in [0.2, 0.25) is 0 Å². The van der Waals surface area contributed by atoms with E-state index in [1.165, 1.54) is 38.5 Å². The third kappa shape index (κ3) is 39.2. The molecule has 0 saturated heterocycles. The van der Waals surface area contributed by atoms with E-state index in [0.717, 1.165) is 64.2 Å². The molecule has 0 amide bonds. The first-order chi connectivity index (χ1) is 28.1. The molecule has 58 heavy (non-hydrogen) atoms. The Morgan fingerprint density at radius 3 is 1.36 bits per heavy atom. The van der Waals surface area contributed by atoms with E-state index in [1.807, 2.05) is 12.2 Å². The predicted octanol–water partition coefficient (Wildman–Crippen LogP) is 11.3. The summed E-state index contributed by atoms with van der Waals surface area (Å²) in [6.45, 7) is 2.60. The first kappa shape index (κ1) is 54.4. The number of ether oxygens (including phenoxy) is 2. The molecule has 0 saturated carbocycles. The lowest BCUT2D eigenvalue weighted by Crippen LogP contribution is -2.34. The molecule has 1 unspecified atom stereocenters. The number of nitrogens with two attached hydrogens (primary N) is 1. The van der Waals surface area contributed by atoms with Crippen molar-refractivity contribution < 1.29 is 47.5 Å². The molecule has 12 heteroatoms. The lowest BCUT2D eigenvalue weighted by molar-refractivity contribution is -0.161. The summed E-state index contributed by atoms with van der Waals surface area (Å²) in [5.41, 5.74) is 5.32. The van der Waals surface area contributed by atoms with Gasteiger partial charge in [0.2, 0.25) is 0 Å². The number of rotatable bonds is 38. The highest BCUT2D eigenvalue weighted by Gasteiger charge is 2.28. The van der Waals surface area contributed by atoms with Crippen LogP contribution in [0.1, 0.15) is 142 Å². The minimum Gasteiger partial charge on any atom is -0.480 e. The highest BCUT2D eigenvalue weighted by Crippen LogP contribution is 2.43. The first-order valence-corrected chi connectivity index (χ1v) is 22.8. The van der Waals surface area contributed by atoms with E-state index in [0.29, 0.717) is 12.8 Å². The fourth-order valence-corrected chi connectivity index (χ4v) is 5.71. The van der Waals surface area contributed by atoms with Gasteiger partial charge in [0, 0.05) is 12.8 Å². The number of aliphatic carboxylic acids is 1. The van der Waals surface area contributed by atoms with E-state index in [9.17, 15) is 23.8 Å². The normalized spacial score (nSPS) is 14.7. The van der Waals surface area contributed by atoms with Crippen LogP contribution in [0.25, 0.3) is 0 Å². The molecule has 0 fully saturated rings. The van der Waals surface area contributed by atoms with Gasteiger partial charge < -0.3 is 25.2 Å². The lowest BCUT2D eigenvalue weighted by Gasteiger charge is -2.20. The average molecular weight is 832 g/mol. The maximum atomic E-state index is 12.6. The van der Waals surface area contributed by atoms with Crippen molar-refractivity contribution in [2.75, 3.05) is 19.8 Å². The van der Waals surface area contributed by atoms with Crippen molar-refractivity contribution in [3.63, 3.8) is 0 Å². The van der Waals surface area contributed by atoms with Crippen LogP contribution < -0.4 is 5.73 Å². The van der Waals surface area contributed by atoms with Gasteiger partial charge in [-0.1, -0.05) is 137 Å². The fraction of sp³-hybridized carbons (Fsp3) is 0.587. The third-order valence-corrected chi connectivity index (χ3v) is 9.27. The Kier molecular flexibility index (Phi) is 37.7. The number of carbonyl (C=O) groups excluding carboxylic acids is 2. The van der Waals surface area contributed by atoms with Gasteiger partial charge in [-0.25, -0.2) is 4.57 Å². The molecule has 11 nitrogen and oxygen atoms in total. The van der Waals surface area contributed by atoms with Crippen LogP contribution >= 0.6 is 7.82 Å². The van der Waals surface area contributed by atoms with E-state index in [-0.39, 0.29) is 12.8 Å². The molecule has 0 aliphatic heterocycles. The quantitative estimate of drug-likeness (QED) is 0.0234. The van der Waals surface area contributed by atoms with Crippen LogP contribution in [-0.4, -0.2) is 59.9 Å². The third-order valence-electron chi connectivity index (χ3n) is 8.32. The van der Waals surface area contributed by atoms with Crippen molar-refractivity contribution in [1.29, 1.82) is 0 Å². The topological polar surface area (TPSA) is 172 Å². The van der Waals surface area contributed by atoms with Crippen molar-refractivity contribution in [3.8, 4) is 0 Å². The zero-order chi connectivity index (χ0) is 42.8. The number of unbranched alkanes of at least 4 members (excludes halogenated alkanes) is 8. The molecule has 0 radical (unpaired) electrons. The van der Waals surface area contributed by atoms with E-state index < -0.39 is 57.7 Å². The second kappa shape index (κ2) is 40.2. The molecular weight excluding hydrogens is 757 g/mol. The Bertz CT molecular complexity index is 1350. The van der Waals surface area contributed by atoms with Gasteiger partial charge in [-0.3, -0.25) is 23.4 Å². The van der Waals surface area contributed by atoms with Crippen LogP contribution in [0.5, 0.6) is 0 Å². The van der Waals surface area contributed by atoms with Crippen LogP contribution in [-0.2, 0) is 37.5 Å². The molecule has 0 aromatic carbocycles. The molecule has 0 spiro atoms. The van der Waals surface area contributed by atoms with Gasteiger partial charge in [0.25, 0.3) is 0 Å². The number of carbonyl (C=O) groups is 3. The summed E-state index contributed by atoms with van der Waals surface area (Å²) < 4.78 is 32.5. The highest BCUT2D eigenvalue weighted by atomic mass is 31.2. The number of hydrogen-bond acceptors (Lipinski definition) is 9. The van der Waals surface area contributed by atoms with Crippen LogP contribution in [0.15, 0.2) is 97.2 Å². The van der Waals surface area contributed by atoms with E-state index in [2.05, 4.69) is 103 Å².